The standard InChI is InChI=1S/C12H10ClFN2O3/c1-6(12(18)19)9-5-11(17)16(15-9)10-3-2-7(14)4-8(10)13/h2-6,17H,1H3,(H,18,19). The maximum atomic E-state index is 12.9. The van der Waals surface area contributed by atoms with Crippen LogP contribution in [0.2, 0.25) is 5.02 Å². The third kappa shape index (κ3) is 2.53. The van der Waals surface area contributed by atoms with Gasteiger partial charge in [0.15, 0.2) is 0 Å². The van der Waals surface area contributed by atoms with Gasteiger partial charge in [-0.1, -0.05) is 11.6 Å². The van der Waals surface area contributed by atoms with E-state index in [9.17, 15) is 14.3 Å². The highest BCUT2D eigenvalue weighted by Crippen LogP contribution is 2.27. The van der Waals surface area contributed by atoms with E-state index in [1.54, 1.807) is 0 Å². The molecule has 1 aromatic carbocycles. The van der Waals surface area contributed by atoms with Crippen molar-refractivity contribution in [2.24, 2.45) is 0 Å². The summed E-state index contributed by atoms with van der Waals surface area (Å²) < 4.78 is 14.0. The molecule has 0 radical (unpaired) electrons. The lowest BCUT2D eigenvalue weighted by Crippen LogP contribution is -2.08. The van der Waals surface area contributed by atoms with Gasteiger partial charge in [-0.15, -0.1) is 0 Å². The molecule has 0 saturated heterocycles. The zero-order valence-electron chi connectivity index (χ0n) is 9.84. The second-order valence-corrected chi connectivity index (χ2v) is 4.40. The Kier molecular flexibility index (Phi) is 3.44. The summed E-state index contributed by atoms with van der Waals surface area (Å²) >= 11 is 5.86. The SMILES string of the molecule is CC(C(=O)O)c1cc(O)n(-c2ccc(F)cc2Cl)n1. The van der Waals surface area contributed by atoms with Crippen LogP contribution >= 0.6 is 11.6 Å². The zero-order valence-corrected chi connectivity index (χ0v) is 10.6. The van der Waals surface area contributed by atoms with E-state index in [1.807, 2.05) is 0 Å². The first-order valence-corrected chi connectivity index (χ1v) is 5.75. The Balaban J connectivity index is 2.49. The molecule has 5 nitrogen and oxygen atoms in total. The number of aromatic nitrogens is 2. The van der Waals surface area contributed by atoms with Crippen molar-refractivity contribution in [1.29, 1.82) is 0 Å². The number of nitrogens with zero attached hydrogens (tertiary/aromatic N) is 2. The fourth-order valence-corrected chi connectivity index (χ4v) is 1.80. The van der Waals surface area contributed by atoms with Gasteiger partial charge in [0, 0.05) is 6.07 Å². The third-order valence-electron chi connectivity index (χ3n) is 2.66. The summed E-state index contributed by atoms with van der Waals surface area (Å²) in [5.41, 5.74) is 0.454. The van der Waals surface area contributed by atoms with Gasteiger partial charge in [-0.25, -0.2) is 4.39 Å². The lowest BCUT2D eigenvalue weighted by molar-refractivity contribution is -0.138. The molecule has 0 spiro atoms. The molecule has 7 heteroatoms. The molecular formula is C12H10ClFN2O3. The Hall–Kier alpha value is -2.08. The molecule has 100 valence electrons. The molecular weight excluding hydrogens is 275 g/mol. The van der Waals surface area contributed by atoms with Gasteiger partial charge in [-0.3, -0.25) is 4.79 Å². The van der Waals surface area contributed by atoms with Crippen molar-refractivity contribution < 1.29 is 19.4 Å². The van der Waals surface area contributed by atoms with Crippen LogP contribution in [-0.4, -0.2) is 26.0 Å². The van der Waals surface area contributed by atoms with Crippen LogP contribution in [0.25, 0.3) is 5.69 Å². The van der Waals surface area contributed by atoms with Crippen LogP contribution < -0.4 is 0 Å². The summed E-state index contributed by atoms with van der Waals surface area (Å²) in [5, 5.41) is 22.7. The van der Waals surface area contributed by atoms with Crippen molar-refractivity contribution in [3.8, 4) is 11.6 Å². The molecule has 0 amide bonds. The molecule has 0 bridgehead atoms. The normalized spacial score (nSPS) is 12.4. The summed E-state index contributed by atoms with van der Waals surface area (Å²) in [7, 11) is 0. The number of benzene rings is 1. The van der Waals surface area contributed by atoms with E-state index in [4.69, 9.17) is 16.7 Å². The third-order valence-corrected chi connectivity index (χ3v) is 2.96. The number of hydrogen-bond donors (Lipinski definition) is 2. The van der Waals surface area contributed by atoms with Gasteiger partial charge in [-0.05, 0) is 25.1 Å². The summed E-state index contributed by atoms with van der Waals surface area (Å²) in [6, 6.07) is 4.83. The minimum atomic E-state index is -1.06. The first-order valence-electron chi connectivity index (χ1n) is 5.37. The number of carbonyl (C=O) groups is 1. The minimum Gasteiger partial charge on any atom is -0.493 e. The highest BCUT2D eigenvalue weighted by atomic mass is 35.5. The second-order valence-electron chi connectivity index (χ2n) is 3.99. The van der Waals surface area contributed by atoms with Crippen LogP contribution in [0.4, 0.5) is 4.39 Å². The Morgan fingerprint density at radius 3 is 2.74 bits per heavy atom. The van der Waals surface area contributed by atoms with Crippen molar-refractivity contribution in [3.63, 3.8) is 0 Å². The van der Waals surface area contributed by atoms with Crippen LogP contribution in [-0.2, 0) is 4.79 Å². The molecule has 0 aliphatic carbocycles. The summed E-state index contributed by atoms with van der Waals surface area (Å²) in [6.45, 7) is 1.45. The fourth-order valence-electron chi connectivity index (χ4n) is 1.56. The monoisotopic (exact) mass is 284 g/mol. The van der Waals surface area contributed by atoms with Crippen molar-refractivity contribution in [2.75, 3.05) is 0 Å². The number of halogens is 2. The van der Waals surface area contributed by atoms with E-state index in [1.165, 1.54) is 25.1 Å². The molecule has 19 heavy (non-hydrogen) atoms. The molecule has 1 heterocycles. The van der Waals surface area contributed by atoms with Crippen LogP contribution in [0.3, 0.4) is 0 Å². The average Bonchev–Trinajstić information content (AvgIpc) is 2.70. The second kappa shape index (κ2) is 4.89. The maximum absolute atomic E-state index is 12.9. The van der Waals surface area contributed by atoms with Crippen molar-refractivity contribution in [1.82, 2.24) is 9.78 Å². The van der Waals surface area contributed by atoms with E-state index in [-0.39, 0.29) is 22.3 Å². The Bertz CT molecular complexity index is 642. The fraction of sp³-hybridized carbons (Fsp3) is 0.167. The van der Waals surface area contributed by atoms with Crippen LogP contribution in [0.15, 0.2) is 24.3 Å². The van der Waals surface area contributed by atoms with Gasteiger partial charge in [0.25, 0.3) is 0 Å². The largest absolute Gasteiger partial charge is 0.493 e. The number of hydrogen-bond acceptors (Lipinski definition) is 3. The quantitative estimate of drug-likeness (QED) is 0.908. The maximum Gasteiger partial charge on any atom is 0.312 e. The molecule has 1 unspecified atom stereocenters. The summed E-state index contributed by atoms with van der Waals surface area (Å²) in [4.78, 5) is 10.9. The van der Waals surface area contributed by atoms with Gasteiger partial charge in [-0.2, -0.15) is 9.78 Å². The van der Waals surface area contributed by atoms with Gasteiger partial charge in [0.1, 0.15) is 5.82 Å². The zero-order chi connectivity index (χ0) is 14.2. The van der Waals surface area contributed by atoms with Crippen molar-refractivity contribution in [3.05, 3.63) is 40.8 Å². The van der Waals surface area contributed by atoms with E-state index < -0.39 is 17.7 Å². The van der Waals surface area contributed by atoms with E-state index in [2.05, 4.69) is 5.10 Å². The molecule has 1 atom stereocenters. The van der Waals surface area contributed by atoms with Crippen molar-refractivity contribution >= 4 is 17.6 Å². The predicted molar refractivity (Wildman–Crippen MR) is 66.2 cm³/mol. The molecule has 2 rings (SSSR count). The first-order chi connectivity index (χ1) is 8.90. The summed E-state index contributed by atoms with van der Waals surface area (Å²) in [6.07, 6.45) is 0. The lowest BCUT2D eigenvalue weighted by atomic mass is 10.1. The molecule has 0 fully saturated rings. The Labute approximate surface area is 112 Å². The number of aromatic hydroxyl groups is 1. The average molecular weight is 285 g/mol. The van der Waals surface area contributed by atoms with E-state index >= 15 is 0 Å². The predicted octanol–water partition coefficient (Wildman–Crippen LogP) is 2.56. The van der Waals surface area contributed by atoms with Crippen LogP contribution in [0.5, 0.6) is 5.88 Å². The van der Waals surface area contributed by atoms with Gasteiger partial charge < -0.3 is 10.2 Å². The number of aliphatic carboxylic acids is 1. The molecule has 1 aromatic heterocycles. The Morgan fingerprint density at radius 1 is 1.47 bits per heavy atom. The van der Waals surface area contributed by atoms with Gasteiger partial charge >= 0.3 is 5.97 Å². The molecule has 0 aliphatic heterocycles. The highest BCUT2D eigenvalue weighted by Gasteiger charge is 2.20. The number of carboxylic acids is 1. The lowest BCUT2D eigenvalue weighted by Gasteiger charge is -2.05. The molecule has 0 saturated carbocycles. The molecule has 0 aliphatic rings. The van der Waals surface area contributed by atoms with E-state index in [0.29, 0.717) is 0 Å². The number of carboxylic acid groups (broad SMARTS) is 1. The summed E-state index contributed by atoms with van der Waals surface area (Å²) in [5.74, 6) is -2.71. The molecule has 2 aromatic rings. The molecule has 2 N–H and O–H groups in total. The van der Waals surface area contributed by atoms with Gasteiger partial charge in [0.2, 0.25) is 5.88 Å². The number of rotatable bonds is 3. The minimum absolute atomic E-state index is 0.0629. The smallest absolute Gasteiger partial charge is 0.312 e. The van der Waals surface area contributed by atoms with E-state index in [0.717, 1.165) is 10.7 Å². The van der Waals surface area contributed by atoms with Crippen LogP contribution in [0, 0.1) is 5.82 Å². The van der Waals surface area contributed by atoms with Crippen molar-refractivity contribution in [2.45, 2.75) is 12.8 Å². The first kappa shape index (κ1) is 13.4. The highest BCUT2D eigenvalue weighted by molar-refractivity contribution is 6.32. The van der Waals surface area contributed by atoms with Crippen LogP contribution in [0.1, 0.15) is 18.5 Å². The Morgan fingerprint density at radius 2 is 2.16 bits per heavy atom. The topological polar surface area (TPSA) is 75.3 Å². The van der Waals surface area contributed by atoms with Gasteiger partial charge in [0.05, 0.1) is 22.3 Å².